The summed E-state index contributed by atoms with van der Waals surface area (Å²) in [5.74, 6) is 0.747. The Hall–Kier alpha value is -1.30. The summed E-state index contributed by atoms with van der Waals surface area (Å²) in [6.07, 6.45) is 0.130. The first-order valence-corrected chi connectivity index (χ1v) is 8.06. The standard InChI is InChI=1S/C15H18Cl2N2O3/c1-22-13-5-3-2-4-11(13)19-14(20)10-12(15(19)21)18(8-6-16)9-7-17/h2-5,12H,6-10H2,1H3. The minimum absolute atomic E-state index is 0.130. The van der Waals surface area contributed by atoms with Crippen LogP contribution in [0, 0.1) is 0 Å². The largest absolute Gasteiger partial charge is 0.495 e. The van der Waals surface area contributed by atoms with Gasteiger partial charge < -0.3 is 4.74 Å². The molecule has 1 aromatic carbocycles. The molecule has 0 saturated carbocycles. The van der Waals surface area contributed by atoms with Gasteiger partial charge in [-0.05, 0) is 12.1 Å². The van der Waals surface area contributed by atoms with Crippen molar-refractivity contribution < 1.29 is 14.3 Å². The number of rotatable bonds is 7. The third-order valence-corrected chi connectivity index (χ3v) is 3.97. The summed E-state index contributed by atoms with van der Waals surface area (Å²) in [4.78, 5) is 28.1. The number of carbonyl (C=O) groups is 2. The van der Waals surface area contributed by atoms with E-state index in [-0.39, 0.29) is 18.2 Å². The first-order valence-electron chi connectivity index (χ1n) is 6.99. The average molecular weight is 345 g/mol. The van der Waals surface area contributed by atoms with Crippen molar-refractivity contribution in [2.45, 2.75) is 12.5 Å². The van der Waals surface area contributed by atoms with Crippen molar-refractivity contribution in [3.63, 3.8) is 0 Å². The lowest BCUT2D eigenvalue weighted by atomic mass is 10.2. The predicted molar refractivity (Wildman–Crippen MR) is 86.9 cm³/mol. The molecule has 5 nitrogen and oxygen atoms in total. The van der Waals surface area contributed by atoms with Gasteiger partial charge in [0.05, 0.1) is 25.3 Å². The fourth-order valence-electron chi connectivity index (χ4n) is 2.61. The Bertz CT molecular complexity index is 547. The van der Waals surface area contributed by atoms with Crippen LogP contribution in [0.3, 0.4) is 0 Å². The van der Waals surface area contributed by atoms with Gasteiger partial charge in [-0.2, -0.15) is 0 Å². The Balaban J connectivity index is 2.28. The van der Waals surface area contributed by atoms with Crippen molar-refractivity contribution >= 4 is 40.7 Å². The van der Waals surface area contributed by atoms with E-state index in [1.54, 1.807) is 24.3 Å². The minimum Gasteiger partial charge on any atom is -0.495 e. The van der Waals surface area contributed by atoms with Gasteiger partial charge in [0, 0.05) is 24.8 Å². The van der Waals surface area contributed by atoms with E-state index in [4.69, 9.17) is 27.9 Å². The highest BCUT2D eigenvalue weighted by atomic mass is 35.5. The molecule has 1 fully saturated rings. The molecule has 0 bridgehead atoms. The summed E-state index contributed by atoms with van der Waals surface area (Å²) in [5.41, 5.74) is 0.471. The molecular formula is C15H18Cl2N2O3. The monoisotopic (exact) mass is 344 g/mol. The molecule has 1 aliphatic heterocycles. The Labute approximate surface area is 139 Å². The van der Waals surface area contributed by atoms with Crippen molar-refractivity contribution in [3.8, 4) is 5.75 Å². The van der Waals surface area contributed by atoms with Gasteiger partial charge >= 0.3 is 0 Å². The minimum atomic E-state index is -0.519. The van der Waals surface area contributed by atoms with E-state index in [2.05, 4.69) is 0 Å². The van der Waals surface area contributed by atoms with E-state index in [0.29, 0.717) is 36.3 Å². The molecule has 2 amide bonds. The summed E-state index contributed by atoms with van der Waals surface area (Å²) in [5, 5.41) is 0. The highest BCUT2D eigenvalue weighted by Crippen LogP contribution is 2.32. The Morgan fingerprint density at radius 2 is 1.86 bits per heavy atom. The van der Waals surface area contributed by atoms with Crippen LogP contribution in [-0.4, -0.2) is 54.7 Å². The number of hydrogen-bond acceptors (Lipinski definition) is 4. The molecule has 1 unspecified atom stereocenters. The highest BCUT2D eigenvalue weighted by molar-refractivity contribution is 6.23. The van der Waals surface area contributed by atoms with Gasteiger partial charge in [0.25, 0.3) is 5.91 Å². The van der Waals surface area contributed by atoms with Crippen molar-refractivity contribution in [3.05, 3.63) is 24.3 Å². The van der Waals surface area contributed by atoms with Crippen LogP contribution in [0.15, 0.2) is 24.3 Å². The zero-order valence-corrected chi connectivity index (χ0v) is 13.8. The number of hydrogen-bond donors (Lipinski definition) is 0. The summed E-state index contributed by atoms with van der Waals surface area (Å²) >= 11 is 11.6. The second kappa shape index (κ2) is 7.81. The van der Waals surface area contributed by atoms with E-state index >= 15 is 0 Å². The van der Waals surface area contributed by atoms with Crippen LogP contribution in [0.1, 0.15) is 6.42 Å². The summed E-state index contributed by atoms with van der Waals surface area (Å²) in [6.45, 7) is 1.02. The number of nitrogens with zero attached hydrogens (tertiary/aromatic N) is 2. The zero-order chi connectivity index (χ0) is 16.1. The van der Waals surface area contributed by atoms with Crippen LogP contribution in [0.5, 0.6) is 5.75 Å². The van der Waals surface area contributed by atoms with Gasteiger partial charge in [-0.25, -0.2) is 4.90 Å². The number of methoxy groups -OCH3 is 1. The molecule has 0 aliphatic carbocycles. The highest BCUT2D eigenvalue weighted by Gasteiger charge is 2.43. The second-order valence-corrected chi connectivity index (χ2v) is 5.63. The molecule has 1 saturated heterocycles. The van der Waals surface area contributed by atoms with Crippen LogP contribution in [-0.2, 0) is 9.59 Å². The number of halogens is 2. The maximum Gasteiger partial charge on any atom is 0.251 e. The molecule has 1 aromatic rings. The number of benzene rings is 1. The molecule has 7 heteroatoms. The fraction of sp³-hybridized carbons (Fsp3) is 0.467. The van der Waals surface area contributed by atoms with Crippen molar-refractivity contribution in [1.82, 2.24) is 4.90 Å². The van der Waals surface area contributed by atoms with E-state index in [0.717, 1.165) is 0 Å². The molecule has 0 aromatic heterocycles. The maximum absolute atomic E-state index is 12.7. The first kappa shape index (κ1) is 17.1. The summed E-state index contributed by atoms with van der Waals surface area (Å²) < 4.78 is 5.24. The van der Waals surface area contributed by atoms with Gasteiger partial charge in [-0.3, -0.25) is 14.5 Å². The lowest BCUT2D eigenvalue weighted by molar-refractivity contribution is -0.122. The Kier molecular flexibility index (Phi) is 6.06. The average Bonchev–Trinajstić information content (AvgIpc) is 2.82. The number of alkyl halides is 2. The zero-order valence-electron chi connectivity index (χ0n) is 12.3. The van der Waals surface area contributed by atoms with Crippen LogP contribution >= 0.6 is 23.2 Å². The van der Waals surface area contributed by atoms with Gasteiger partial charge in [-0.1, -0.05) is 12.1 Å². The Morgan fingerprint density at radius 1 is 1.23 bits per heavy atom. The third-order valence-electron chi connectivity index (χ3n) is 3.63. The first-order chi connectivity index (χ1) is 10.6. The van der Waals surface area contributed by atoms with E-state index < -0.39 is 6.04 Å². The number of para-hydroxylation sites is 2. The van der Waals surface area contributed by atoms with Crippen LogP contribution in [0.25, 0.3) is 0 Å². The third kappa shape index (κ3) is 3.37. The molecule has 1 heterocycles. The van der Waals surface area contributed by atoms with E-state index in [1.807, 2.05) is 4.90 Å². The fourth-order valence-corrected chi connectivity index (χ4v) is 3.04. The number of carbonyl (C=O) groups excluding carboxylic acids is 2. The summed E-state index contributed by atoms with van der Waals surface area (Å²) in [6, 6.07) is 6.46. The molecule has 0 spiro atoms. The molecule has 2 rings (SSSR count). The molecule has 22 heavy (non-hydrogen) atoms. The second-order valence-electron chi connectivity index (χ2n) is 4.87. The van der Waals surface area contributed by atoms with Crippen LogP contribution < -0.4 is 9.64 Å². The van der Waals surface area contributed by atoms with E-state index in [1.165, 1.54) is 12.0 Å². The molecule has 0 radical (unpaired) electrons. The lowest BCUT2D eigenvalue weighted by Crippen LogP contribution is -2.44. The van der Waals surface area contributed by atoms with Gasteiger partial charge in [-0.15, -0.1) is 23.2 Å². The molecule has 120 valence electrons. The van der Waals surface area contributed by atoms with Gasteiger partial charge in [0.1, 0.15) is 5.75 Å². The quantitative estimate of drug-likeness (QED) is 0.561. The number of ether oxygens (including phenoxy) is 1. The smallest absolute Gasteiger partial charge is 0.251 e. The molecule has 1 aliphatic rings. The lowest BCUT2D eigenvalue weighted by Gasteiger charge is -2.25. The SMILES string of the molecule is COc1ccccc1N1C(=O)CC(N(CCCl)CCCl)C1=O. The van der Waals surface area contributed by atoms with Crippen molar-refractivity contribution in [2.24, 2.45) is 0 Å². The van der Waals surface area contributed by atoms with Gasteiger partial charge in [0.2, 0.25) is 5.91 Å². The Morgan fingerprint density at radius 3 is 2.45 bits per heavy atom. The van der Waals surface area contributed by atoms with Crippen LogP contribution in [0.4, 0.5) is 5.69 Å². The normalized spacial score (nSPS) is 18.4. The molecule has 1 atom stereocenters. The predicted octanol–water partition coefficient (Wildman–Crippen LogP) is 2.11. The van der Waals surface area contributed by atoms with Crippen molar-refractivity contribution in [2.75, 3.05) is 36.9 Å². The molecule has 0 N–H and O–H groups in total. The van der Waals surface area contributed by atoms with E-state index in [9.17, 15) is 9.59 Å². The number of imide groups is 1. The molecular weight excluding hydrogens is 327 g/mol. The van der Waals surface area contributed by atoms with Crippen molar-refractivity contribution in [1.29, 1.82) is 0 Å². The maximum atomic E-state index is 12.7. The number of amides is 2. The topological polar surface area (TPSA) is 49.9 Å². The van der Waals surface area contributed by atoms with Gasteiger partial charge in [0.15, 0.2) is 0 Å². The van der Waals surface area contributed by atoms with Crippen LogP contribution in [0.2, 0.25) is 0 Å². The summed E-state index contributed by atoms with van der Waals surface area (Å²) in [7, 11) is 1.51. The number of anilines is 1.